The molecule has 0 radical (unpaired) electrons. The van der Waals surface area contributed by atoms with E-state index in [9.17, 15) is 0 Å². The highest BCUT2D eigenvalue weighted by Gasteiger charge is 2.18. The average molecular weight is 215 g/mol. The van der Waals surface area contributed by atoms with E-state index in [-0.39, 0.29) is 0 Å². The van der Waals surface area contributed by atoms with Crippen molar-refractivity contribution in [2.45, 2.75) is 25.8 Å². The predicted octanol–water partition coefficient (Wildman–Crippen LogP) is 2.21. The van der Waals surface area contributed by atoms with Gasteiger partial charge in [0, 0.05) is 25.4 Å². The van der Waals surface area contributed by atoms with E-state index in [0.29, 0.717) is 5.92 Å². The van der Waals surface area contributed by atoms with Crippen LogP contribution in [0.5, 0.6) is 0 Å². The highest BCUT2D eigenvalue weighted by atomic mass is 15.1. The molecule has 2 heterocycles. The number of aromatic nitrogens is 1. The van der Waals surface area contributed by atoms with Crippen LogP contribution in [0.15, 0.2) is 24.5 Å². The summed E-state index contributed by atoms with van der Waals surface area (Å²) in [6.45, 7) is 3.22. The van der Waals surface area contributed by atoms with Crippen LogP contribution in [0.4, 0.5) is 0 Å². The number of nitriles is 1. The lowest BCUT2D eigenvalue weighted by molar-refractivity contribution is 0.179. The van der Waals surface area contributed by atoms with Crippen LogP contribution in [0.1, 0.15) is 24.8 Å². The van der Waals surface area contributed by atoms with Gasteiger partial charge in [-0.15, -0.1) is 0 Å². The van der Waals surface area contributed by atoms with Crippen molar-refractivity contribution in [3.8, 4) is 6.07 Å². The number of pyridine rings is 1. The Morgan fingerprint density at radius 3 is 2.88 bits per heavy atom. The maximum absolute atomic E-state index is 8.65. The predicted molar refractivity (Wildman–Crippen MR) is 62.5 cm³/mol. The Bertz CT molecular complexity index is 347. The molecule has 0 N–H and O–H groups in total. The lowest BCUT2D eigenvalue weighted by atomic mass is 9.94. The van der Waals surface area contributed by atoms with Gasteiger partial charge in [0.15, 0.2) is 0 Å². The number of piperidine rings is 1. The zero-order valence-electron chi connectivity index (χ0n) is 9.47. The molecule has 1 aliphatic rings. The van der Waals surface area contributed by atoms with Gasteiger partial charge in [-0.05, 0) is 43.5 Å². The molecule has 16 heavy (non-hydrogen) atoms. The molecule has 2 rings (SSSR count). The van der Waals surface area contributed by atoms with Crippen molar-refractivity contribution in [2.24, 2.45) is 5.92 Å². The first-order valence-corrected chi connectivity index (χ1v) is 5.86. The van der Waals surface area contributed by atoms with E-state index >= 15 is 0 Å². The SMILES string of the molecule is N#CCC1CCN(Cc2cccnc2)CC1. The third kappa shape index (κ3) is 3.04. The maximum Gasteiger partial charge on any atom is 0.0624 e. The molecule has 0 amide bonds. The van der Waals surface area contributed by atoms with E-state index in [2.05, 4.69) is 22.0 Å². The average Bonchev–Trinajstić information content (AvgIpc) is 2.33. The number of nitrogens with zero attached hydrogens (tertiary/aromatic N) is 3. The zero-order chi connectivity index (χ0) is 11.2. The van der Waals surface area contributed by atoms with Crippen molar-refractivity contribution in [1.29, 1.82) is 5.26 Å². The Hall–Kier alpha value is -1.40. The molecule has 0 spiro atoms. The van der Waals surface area contributed by atoms with Crippen LogP contribution in [-0.2, 0) is 6.54 Å². The Morgan fingerprint density at radius 2 is 2.25 bits per heavy atom. The first-order chi connectivity index (χ1) is 7.88. The van der Waals surface area contributed by atoms with Crippen molar-refractivity contribution < 1.29 is 0 Å². The summed E-state index contributed by atoms with van der Waals surface area (Å²) in [5.74, 6) is 0.621. The summed E-state index contributed by atoms with van der Waals surface area (Å²) in [4.78, 5) is 6.57. The van der Waals surface area contributed by atoms with E-state index < -0.39 is 0 Å². The summed E-state index contributed by atoms with van der Waals surface area (Å²) in [5, 5.41) is 8.65. The van der Waals surface area contributed by atoms with E-state index in [0.717, 1.165) is 38.9 Å². The monoisotopic (exact) mass is 215 g/mol. The van der Waals surface area contributed by atoms with Gasteiger partial charge in [0.25, 0.3) is 0 Å². The van der Waals surface area contributed by atoms with Gasteiger partial charge in [0.2, 0.25) is 0 Å². The van der Waals surface area contributed by atoms with Crippen molar-refractivity contribution in [3.63, 3.8) is 0 Å². The summed E-state index contributed by atoms with van der Waals surface area (Å²) < 4.78 is 0. The molecule has 0 atom stereocenters. The van der Waals surface area contributed by atoms with Gasteiger partial charge < -0.3 is 0 Å². The molecule has 3 heteroatoms. The molecular formula is C13H17N3. The molecular weight excluding hydrogens is 198 g/mol. The Kier molecular flexibility index (Phi) is 3.90. The molecule has 0 aromatic carbocycles. The summed E-state index contributed by atoms with van der Waals surface area (Å²) >= 11 is 0. The van der Waals surface area contributed by atoms with Gasteiger partial charge in [-0.25, -0.2) is 0 Å². The van der Waals surface area contributed by atoms with Crippen LogP contribution in [0, 0.1) is 17.2 Å². The fourth-order valence-corrected chi connectivity index (χ4v) is 2.23. The highest BCUT2D eigenvalue weighted by molar-refractivity contribution is 5.08. The molecule has 3 nitrogen and oxygen atoms in total. The quantitative estimate of drug-likeness (QED) is 0.776. The zero-order valence-corrected chi connectivity index (χ0v) is 9.47. The molecule has 0 bridgehead atoms. The largest absolute Gasteiger partial charge is 0.299 e. The second-order valence-electron chi connectivity index (χ2n) is 4.44. The number of likely N-dealkylation sites (tertiary alicyclic amines) is 1. The third-order valence-electron chi connectivity index (χ3n) is 3.22. The van der Waals surface area contributed by atoms with Crippen molar-refractivity contribution in [3.05, 3.63) is 30.1 Å². The second-order valence-corrected chi connectivity index (χ2v) is 4.44. The minimum Gasteiger partial charge on any atom is -0.299 e. The molecule has 1 aromatic rings. The van der Waals surface area contributed by atoms with E-state index in [1.807, 2.05) is 18.5 Å². The highest BCUT2D eigenvalue weighted by Crippen LogP contribution is 2.20. The lowest BCUT2D eigenvalue weighted by Gasteiger charge is -2.30. The van der Waals surface area contributed by atoms with Crippen LogP contribution in [-0.4, -0.2) is 23.0 Å². The van der Waals surface area contributed by atoms with Gasteiger partial charge in [-0.3, -0.25) is 9.88 Å². The third-order valence-corrected chi connectivity index (χ3v) is 3.22. The number of rotatable bonds is 3. The topological polar surface area (TPSA) is 39.9 Å². The van der Waals surface area contributed by atoms with Gasteiger partial charge >= 0.3 is 0 Å². The maximum atomic E-state index is 8.65. The van der Waals surface area contributed by atoms with Crippen LogP contribution in [0.3, 0.4) is 0 Å². The summed E-state index contributed by atoms with van der Waals surface area (Å²) in [7, 11) is 0. The second kappa shape index (κ2) is 5.62. The van der Waals surface area contributed by atoms with Crippen molar-refractivity contribution in [1.82, 2.24) is 9.88 Å². The lowest BCUT2D eigenvalue weighted by Crippen LogP contribution is -2.33. The molecule has 1 aromatic heterocycles. The van der Waals surface area contributed by atoms with Gasteiger partial charge in [0.1, 0.15) is 0 Å². The molecule has 1 fully saturated rings. The van der Waals surface area contributed by atoms with Crippen LogP contribution >= 0.6 is 0 Å². The Balaban J connectivity index is 1.80. The summed E-state index contributed by atoms with van der Waals surface area (Å²) in [5.41, 5.74) is 1.28. The van der Waals surface area contributed by atoms with Crippen molar-refractivity contribution >= 4 is 0 Å². The van der Waals surface area contributed by atoms with Crippen LogP contribution < -0.4 is 0 Å². The normalized spacial score (nSPS) is 18.2. The van der Waals surface area contributed by atoms with Crippen LogP contribution in [0.25, 0.3) is 0 Å². The minimum atomic E-state index is 0.621. The van der Waals surface area contributed by atoms with Gasteiger partial charge in [0.05, 0.1) is 6.07 Å². The first kappa shape index (κ1) is 11.1. The van der Waals surface area contributed by atoms with E-state index in [4.69, 9.17) is 5.26 Å². The molecule has 0 aliphatic carbocycles. The van der Waals surface area contributed by atoms with E-state index in [1.54, 1.807) is 0 Å². The first-order valence-electron chi connectivity index (χ1n) is 5.86. The van der Waals surface area contributed by atoms with Crippen molar-refractivity contribution in [2.75, 3.05) is 13.1 Å². The molecule has 0 unspecified atom stereocenters. The fourth-order valence-electron chi connectivity index (χ4n) is 2.23. The van der Waals surface area contributed by atoms with Gasteiger partial charge in [-0.2, -0.15) is 5.26 Å². The smallest absolute Gasteiger partial charge is 0.0624 e. The summed E-state index contributed by atoms with van der Waals surface area (Å²) in [6, 6.07) is 6.38. The number of hydrogen-bond donors (Lipinski definition) is 0. The minimum absolute atomic E-state index is 0.621. The summed E-state index contributed by atoms with van der Waals surface area (Å²) in [6.07, 6.45) is 6.78. The molecule has 0 saturated carbocycles. The fraction of sp³-hybridized carbons (Fsp3) is 0.538. The number of hydrogen-bond acceptors (Lipinski definition) is 3. The molecule has 84 valence electrons. The van der Waals surface area contributed by atoms with E-state index in [1.165, 1.54) is 5.56 Å². The standard InChI is InChI=1S/C13H17N3/c14-6-3-12-4-8-16(9-5-12)11-13-2-1-7-15-10-13/h1-2,7,10,12H,3-5,8-9,11H2. The molecule has 1 saturated heterocycles. The van der Waals surface area contributed by atoms with Gasteiger partial charge in [-0.1, -0.05) is 6.07 Å². The van der Waals surface area contributed by atoms with Crippen LogP contribution in [0.2, 0.25) is 0 Å². The Morgan fingerprint density at radius 1 is 1.44 bits per heavy atom. The molecule has 1 aliphatic heterocycles. The Labute approximate surface area is 96.7 Å².